The molecule has 0 spiro atoms. The predicted molar refractivity (Wildman–Crippen MR) is 103 cm³/mol. The number of anilines is 1. The maximum atomic E-state index is 6.22. The number of nitrogens with two attached hydrogens (primary N) is 1. The summed E-state index contributed by atoms with van der Waals surface area (Å²) >= 11 is 6.16. The highest BCUT2D eigenvalue weighted by Crippen LogP contribution is 2.29. The molecule has 24 heavy (non-hydrogen) atoms. The molecule has 2 aliphatic rings. The molecule has 0 bridgehead atoms. The number of aliphatic imine (C=N–C) groups is 1. The summed E-state index contributed by atoms with van der Waals surface area (Å²) in [5.74, 6) is 2.03. The number of nitrogens with zero attached hydrogens (tertiary/aromatic N) is 3. The van der Waals surface area contributed by atoms with Crippen molar-refractivity contribution in [1.29, 1.82) is 0 Å². The molecule has 132 valence electrons. The highest BCUT2D eigenvalue weighted by molar-refractivity contribution is 6.30. The maximum Gasteiger partial charge on any atom is 0.191 e. The molecule has 0 saturated carbocycles. The number of halogens is 1. The molecule has 0 aromatic heterocycles. The second-order valence-corrected chi connectivity index (χ2v) is 7.86. The lowest BCUT2D eigenvalue weighted by Gasteiger charge is -2.31. The average Bonchev–Trinajstić information content (AvgIpc) is 3.03. The molecule has 2 atom stereocenters. The van der Waals surface area contributed by atoms with E-state index < -0.39 is 0 Å². The first-order valence-electron chi connectivity index (χ1n) is 9.09. The van der Waals surface area contributed by atoms with Gasteiger partial charge in [0, 0.05) is 43.4 Å². The third-order valence-electron chi connectivity index (χ3n) is 5.29. The Morgan fingerprint density at radius 2 is 2.12 bits per heavy atom. The van der Waals surface area contributed by atoms with E-state index in [0.29, 0.717) is 5.92 Å². The van der Waals surface area contributed by atoms with Crippen molar-refractivity contribution in [2.45, 2.75) is 33.1 Å². The van der Waals surface area contributed by atoms with Gasteiger partial charge in [-0.15, -0.1) is 0 Å². The number of benzene rings is 1. The van der Waals surface area contributed by atoms with Gasteiger partial charge in [0.2, 0.25) is 0 Å². The van der Waals surface area contributed by atoms with E-state index in [1.54, 1.807) is 0 Å². The Morgan fingerprint density at radius 1 is 1.29 bits per heavy atom. The second-order valence-electron chi connectivity index (χ2n) is 7.42. The van der Waals surface area contributed by atoms with Gasteiger partial charge in [0.25, 0.3) is 0 Å². The molecule has 1 aromatic rings. The van der Waals surface area contributed by atoms with E-state index in [1.807, 2.05) is 6.07 Å². The zero-order valence-corrected chi connectivity index (χ0v) is 15.6. The van der Waals surface area contributed by atoms with Gasteiger partial charge in [-0.1, -0.05) is 24.6 Å². The monoisotopic (exact) mass is 348 g/mol. The van der Waals surface area contributed by atoms with Crippen molar-refractivity contribution in [1.82, 2.24) is 4.90 Å². The van der Waals surface area contributed by atoms with Gasteiger partial charge in [-0.2, -0.15) is 0 Å². The van der Waals surface area contributed by atoms with E-state index in [0.717, 1.165) is 49.6 Å². The van der Waals surface area contributed by atoms with Gasteiger partial charge in [-0.3, -0.25) is 4.99 Å². The lowest BCUT2D eigenvalue weighted by molar-refractivity contribution is 0.270. The molecule has 0 radical (unpaired) electrons. The number of guanidine groups is 1. The van der Waals surface area contributed by atoms with Crippen molar-refractivity contribution >= 4 is 23.2 Å². The number of likely N-dealkylation sites (tertiary alicyclic amines) is 1. The fourth-order valence-corrected chi connectivity index (χ4v) is 4.01. The van der Waals surface area contributed by atoms with Gasteiger partial charge in [-0.25, -0.2) is 0 Å². The van der Waals surface area contributed by atoms with Crippen LogP contribution in [0.1, 0.15) is 31.7 Å². The minimum Gasteiger partial charge on any atom is -0.371 e. The van der Waals surface area contributed by atoms with Crippen LogP contribution < -0.4 is 10.6 Å². The molecular weight excluding hydrogens is 320 g/mol. The predicted octanol–water partition coefficient (Wildman–Crippen LogP) is 3.52. The number of hydrogen-bond acceptors (Lipinski definition) is 2. The molecule has 0 amide bonds. The van der Waals surface area contributed by atoms with Crippen molar-refractivity contribution < 1.29 is 0 Å². The molecule has 5 heteroatoms. The summed E-state index contributed by atoms with van der Waals surface area (Å²) in [7, 11) is 0. The van der Waals surface area contributed by atoms with E-state index in [2.05, 4.69) is 35.8 Å². The molecule has 2 fully saturated rings. The van der Waals surface area contributed by atoms with Gasteiger partial charge >= 0.3 is 0 Å². The van der Waals surface area contributed by atoms with Crippen LogP contribution in [0.2, 0.25) is 5.02 Å². The molecular formula is C19H29ClN4. The van der Waals surface area contributed by atoms with E-state index in [4.69, 9.17) is 22.3 Å². The topological polar surface area (TPSA) is 44.9 Å². The Kier molecular flexibility index (Phi) is 5.54. The lowest BCUT2D eigenvalue weighted by atomic mass is 10.0. The number of rotatable bonds is 3. The van der Waals surface area contributed by atoms with Crippen LogP contribution >= 0.6 is 11.6 Å². The van der Waals surface area contributed by atoms with E-state index in [9.17, 15) is 0 Å². The van der Waals surface area contributed by atoms with Crippen molar-refractivity contribution in [3.8, 4) is 0 Å². The van der Waals surface area contributed by atoms with Crippen molar-refractivity contribution in [3.05, 3.63) is 28.8 Å². The van der Waals surface area contributed by atoms with Crippen molar-refractivity contribution in [3.63, 3.8) is 0 Å². The highest BCUT2D eigenvalue weighted by Gasteiger charge is 2.24. The smallest absolute Gasteiger partial charge is 0.191 e. The van der Waals surface area contributed by atoms with Crippen LogP contribution in [0, 0.1) is 18.8 Å². The first-order chi connectivity index (χ1) is 11.5. The quantitative estimate of drug-likeness (QED) is 0.671. The minimum atomic E-state index is 0.573. The van der Waals surface area contributed by atoms with Gasteiger partial charge in [-0.05, 0) is 55.7 Å². The fourth-order valence-electron chi connectivity index (χ4n) is 3.84. The van der Waals surface area contributed by atoms with E-state index >= 15 is 0 Å². The molecule has 2 unspecified atom stereocenters. The van der Waals surface area contributed by atoms with Crippen molar-refractivity contribution in [2.24, 2.45) is 22.6 Å². The summed E-state index contributed by atoms with van der Waals surface area (Å²) in [4.78, 5) is 9.38. The molecule has 2 N–H and O–H groups in total. The zero-order valence-electron chi connectivity index (χ0n) is 14.8. The summed E-state index contributed by atoms with van der Waals surface area (Å²) in [6.45, 7) is 9.48. The van der Waals surface area contributed by atoms with Gasteiger partial charge in [0.1, 0.15) is 0 Å². The van der Waals surface area contributed by atoms with Crippen LogP contribution in [0.25, 0.3) is 0 Å². The summed E-state index contributed by atoms with van der Waals surface area (Å²) in [6.07, 6.45) is 3.70. The number of hydrogen-bond donors (Lipinski definition) is 1. The molecule has 2 aliphatic heterocycles. The van der Waals surface area contributed by atoms with E-state index in [1.165, 1.54) is 30.5 Å². The molecule has 4 nitrogen and oxygen atoms in total. The summed E-state index contributed by atoms with van der Waals surface area (Å²) in [6, 6.07) is 6.13. The number of piperidine rings is 1. The summed E-state index contributed by atoms with van der Waals surface area (Å²) in [5, 5.41) is 0.806. The van der Waals surface area contributed by atoms with Gasteiger partial charge in [0.05, 0.1) is 0 Å². The van der Waals surface area contributed by atoms with Crippen LogP contribution in [0.3, 0.4) is 0 Å². The minimum absolute atomic E-state index is 0.573. The van der Waals surface area contributed by atoms with Crippen LogP contribution in [0.15, 0.2) is 23.2 Å². The second kappa shape index (κ2) is 7.64. The highest BCUT2D eigenvalue weighted by atomic mass is 35.5. The molecule has 0 aliphatic carbocycles. The van der Waals surface area contributed by atoms with Gasteiger partial charge in [0.15, 0.2) is 5.96 Å². The summed E-state index contributed by atoms with van der Waals surface area (Å²) < 4.78 is 0. The lowest BCUT2D eigenvalue weighted by Crippen LogP contribution is -2.43. The Morgan fingerprint density at radius 3 is 2.92 bits per heavy atom. The van der Waals surface area contributed by atoms with Crippen LogP contribution in [0.5, 0.6) is 0 Å². The zero-order chi connectivity index (χ0) is 17.1. The Hall–Kier alpha value is -1.42. The first-order valence-corrected chi connectivity index (χ1v) is 9.46. The van der Waals surface area contributed by atoms with Crippen LogP contribution in [-0.2, 0) is 0 Å². The average molecular weight is 349 g/mol. The van der Waals surface area contributed by atoms with E-state index in [-0.39, 0.29) is 0 Å². The van der Waals surface area contributed by atoms with Crippen LogP contribution in [0.4, 0.5) is 5.69 Å². The fraction of sp³-hybridized carbons (Fsp3) is 0.632. The normalized spacial score (nSPS) is 25.4. The largest absolute Gasteiger partial charge is 0.371 e. The Bertz CT molecular complexity index is 601. The number of aryl methyl sites for hydroxylation is 1. The Balaban J connectivity index is 1.56. The SMILES string of the molecule is Cc1ccc(Cl)cc1N1CCC(CN=C(N)N2CCCC(C)C2)C1. The molecule has 1 aromatic carbocycles. The van der Waals surface area contributed by atoms with Gasteiger partial charge < -0.3 is 15.5 Å². The standard InChI is InChI=1S/C19H29ClN4/c1-14-4-3-8-24(12-14)19(21)22-11-16-7-9-23(13-16)18-10-17(20)6-5-15(18)2/h5-6,10,14,16H,3-4,7-9,11-13H2,1-2H3,(H2,21,22). The maximum absolute atomic E-state index is 6.22. The molecule has 3 rings (SSSR count). The first kappa shape index (κ1) is 17.4. The third kappa shape index (κ3) is 4.15. The van der Waals surface area contributed by atoms with Crippen molar-refractivity contribution in [2.75, 3.05) is 37.6 Å². The van der Waals surface area contributed by atoms with Crippen LogP contribution in [-0.4, -0.2) is 43.6 Å². The molecule has 2 heterocycles. The third-order valence-corrected chi connectivity index (χ3v) is 5.53. The Labute approximate surface area is 150 Å². The molecule has 2 saturated heterocycles. The summed E-state index contributed by atoms with van der Waals surface area (Å²) in [5.41, 5.74) is 8.76.